The summed E-state index contributed by atoms with van der Waals surface area (Å²) in [6.45, 7) is 7.51. The minimum absolute atomic E-state index is 0.165. The Balaban J connectivity index is 2.34. The molecule has 7 nitrogen and oxygen atoms in total. The van der Waals surface area contributed by atoms with Gasteiger partial charge in [0.1, 0.15) is 5.60 Å². The van der Waals surface area contributed by atoms with E-state index in [1.165, 1.54) is 17.3 Å². The van der Waals surface area contributed by atoms with Crippen LogP contribution in [0.4, 0.5) is 10.7 Å². The van der Waals surface area contributed by atoms with Gasteiger partial charge < -0.3 is 4.74 Å². The Morgan fingerprint density at radius 2 is 1.92 bits per heavy atom. The third kappa shape index (κ3) is 4.58. The van der Waals surface area contributed by atoms with Crippen molar-refractivity contribution in [2.75, 3.05) is 4.90 Å². The highest BCUT2D eigenvalue weighted by atomic mass is 16.6. The number of aldehydes is 1. The van der Waals surface area contributed by atoms with Crippen LogP contribution in [0.15, 0.2) is 30.9 Å². The summed E-state index contributed by atoms with van der Waals surface area (Å²) in [7, 11) is 0. The van der Waals surface area contributed by atoms with Gasteiger partial charge in [0, 0.05) is 24.8 Å². The SMILES string of the molecule is Cc1ccncc1CN(C(=O)OC(C)(C)C)c1ncc(C=O)cn1. The molecule has 7 heteroatoms. The lowest BCUT2D eigenvalue weighted by Gasteiger charge is -2.26. The molecule has 0 saturated carbocycles. The van der Waals surface area contributed by atoms with Gasteiger partial charge in [0.05, 0.1) is 12.1 Å². The van der Waals surface area contributed by atoms with Crippen molar-refractivity contribution in [1.82, 2.24) is 15.0 Å². The normalized spacial score (nSPS) is 11.0. The third-order valence-electron chi connectivity index (χ3n) is 3.13. The molecule has 0 unspecified atom stereocenters. The van der Waals surface area contributed by atoms with Crippen LogP contribution >= 0.6 is 0 Å². The van der Waals surface area contributed by atoms with E-state index < -0.39 is 11.7 Å². The molecule has 0 aliphatic carbocycles. The van der Waals surface area contributed by atoms with Crippen molar-refractivity contribution in [3.05, 3.63) is 47.5 Å². The van der Waals surface area contributed by atoms with Crippen molar-refractivity contribution in [2.24, 2.45) is 0 Å². The Morgan fingerprint density at radius 3 is 2.46 bits per heavy atom. The molecule has 2 rings (SSSR count). The van der Waals surface area contributed by atoms with E-state index in [1.54, 1.807) is 33.2 Å². The van der Waals surface area contributed by atoms with E-state index in [2.05, 4.69) is 15.0 Å². The molecule has 126 valence electrons. The molecule has 2 heterocycles. The van der Waals surface area contributed by atoms with Crippen molar-refractivity contribution in [2.45, 2.75) is 39.8 Å². The first-order valence-electron chi connectivity index (χ1n) is 7.47. The molecule has 24 heavy (non-hydrogen) atoms. The van der Waals surface area contributed by atoms with E-state index in [0.29, 0.717) is 11.8 Å². The van der Waals surface area contributed by atoms with Gasteiger partial charge in [0.25, 0.3) is 0 Å². The number of nitrogens with zero attached hydrogens (tertiary/aromatic N) is 4. The summed E-state index contributed by atoms with van der Waals surface area (Å²) >= 11 is 0. The molecule has 0 radical (unpaired) electrons. The highest BCUT2D eigenvalue weighted by molar-refractivity contribution is 5.85. The van der Waals surface area contributed by atoms with E-state index in [4.69, 9.17) is 4.74 Å². The number of aryl methyl sites for hydroxylation is 1. The Labute approximate surface area is 140 Å². The summed E-state index contributed by atoms with van der Waals surface area (Å²) in [6.07, 6.45) is 6.18. The minimum atomic E-state index is -0.651. The number of rotatable bonds is 4. The van der Waals surface area contributed by atoms with Gasteiger partial charge in [-0.2, -0.15) is 0 Å². The Bertz CT molecular complexity index is 723. The molecule has 2 aromatic rings. The molecule has 0 bridgehead atoms. The average Bonchev–Trinajstić information content (AvgIpc) is 2.52. The van der Waals surface area contributed by atoms with E-state index in [1.807, 2.05) is 13.0 Å². The van der Waals surface area contributed by atoms with Crippen LogP contribution in [0.1, 0.15) is 42.3 Å². The smallest absolute Gasteiger partial charge is 0.417 e. The maximum absolute atomic E-state index is 12.6. The summed E-state index contributed by atoms with van der Waals surface area (Å²) in [4.78, 5) is 36.9. The first kappa shape index (κ1) is 17.5. The Kier molecular flexibility index (Phi) is 5.23. The molecule has 0 aliphatic heterocycles. The van der Waals surface area contributed by atoms with Gasteiger partial charge in [-0.15, -0.1) is 0 Å². The van der Waals surface area contributed by atoms with Gasteiger partial charge in [0.2, 0.25) is 5.95 Å². The predicted molar refractivity (Wildman–Crippen MR) is 88.8 cm³/mol. The first-order chi connectivity index (χ1) is 11.3. The highest BCUT2D eigenvalue weighted by Gasteiger charge is 2.26. The van der Waals surface area contributed by atoms with E-state index in [-0.39, 0.29) is 12.5 Å². The van der Waals surface area contributed by atoms with Gasteiger partial charge in [-0.05, 0) is 44.9 Å². The second-order valence-corrected chi connectivity index (χ2v) is 6.30. The number of hydrogen-bond donors (Lipinski definition) is 0. The zero-order chi connectivity index (χ0) is 17.7. The number of anilines is 1. The van der Waals surface area contributed by atoms with Crippen molar-refractivity contribution >= 4 is 18.3 Å². The fourth-order valence-corrected chi connectivity index (χ4v) is 1.90. The highest BCUT2D eigenvalue weighted by Crippen LogP contribution is 2.18. The van der Waals surface area contributed by atoms with Crippen LogP contribution in [0.2, 0.25) is 0 Å². The molecule has 2 aromatic heterocycles. The van der Waals surface area contributed by atoms with Crippen LogP contribution in [0.3, 0.4) is 0 Å². The molecule has 0 fully saturated rings. The second kappa shape index (κ2) is 7.16. The van der Waals surface area contributed by atoms with Crippen LogP contribution in [0.5, 0.6) is 0 Å². The van der Waals surface area contributed by atoms with Crippen LogP contribution in [0, 0.1) is 6.92 Å². The van der Waals surface area contributed by atoms with Gasteiger partial charge >= 0.3 is 6.09 Å². The third-order valence-corrected chi connectivity index (χ3v) is 3.13. The quantitative estimate of drug-likeness (QED) is 0.802. The van der Waals surface area contributed by atoms with Gasteiger partial charge in [-0.1, -0.05) is 0 Å². The van der Waals surface area contributed by atoms with Crippen LogP contribution in [0.25, 0.3) is 0 Å². The first-order valence-corrected chi connectivity index (χ1v) is 7.47. The molecule has 0 N–H and O–H groups in total. The van der Waals surface area contributed by atoms with E-state index in [9.17, 15) is 9.59 Å². The summed E-state index contributed by atoms with van der Waals surface area (Å²) < 4.78 is 5.44. The fourth-order valence-electron chi connectivity index (χ4n) is 1.90. The minimum Gasteiger partial charge on any atom is -0.443 e. The zero-order valence-electron chi connectivity index (χ0n) is 14.2. The molecule has 0 saturated heterocycles. The molecular formula is C17H20N4O3. The van der Waals surface area contributed by atoms with Gasteiger partial charge in [-0.25, -0.2) is 19.7 Å². The van der Waals surface area contributed by atoms with Crippen molar-refractivity contribution in [1.29, 1.82) is 0 Å². The topological polar surface area (TPSA) is 85.3 Å². The number of amides is 1. The van der Waals surface area contributed by atoms with E-state index >= 15 is 0 Å². The maximum Gasteiger partial charge on any atom is 0.417 e. The van der Waals surface area contributed by atoms with E-state index in [0.717, 1.165) is 11.1 Å². The van der Waals surface area contributed by atoms with Crippen LogP contribution in [-0.2, 0) is 11.3 Å². The monoisotopic (exact) mass is 328 g/mol. The Morgan fingerprint density at radius 1 is 1.25 bits per heavy atom. The van der Waals surface area contributed by atoms with Crippen molar-refractivity contribution in [3.8, 4) is 0 Å². The summed E-state index contributed by atoms with van der Waals surface area (Å²) in [6, 6.07) is 1.86. The van der Waals surface area contributed by atoms with Crippen LogP contribution < -0.4 is 4.90 Å². The summed E-state index contributed by atoms with van der Waals surface area (Å²) in [5.41, 5.74) is 1.53. The lowest BCUT2D eigenvalue weighted by Crippen LogP contribution is -2.37. The van der Waals surface area contributed by atoms with Crippen molar-refractivity contribution < 1.29 is 14.3 Å². The van der Waals surface area contributed by atoms with Crippen molar-refractivity contribution in [3.63, 3.8) is 0 Å². The molecule has 0 spiro atoms. The number of aromatic nitrogens is 3. The number of carbonyl (C=O) groups excluding carboxylic acids is 2. The maximum atomic E-state index is 12.6. The molecule has 0 aliphatic rings. The lowest BCUT2D eigenvalue weighted by atomic mass is 10.1. The van der Waals surface area contributed by atoms with Crippen LogP contribution in [-0.4, -0.2) is 32.9 Å². The molecule has 1 amide bonds. The number of ether oxygens (including phenoxy) is 1. The largest absolute Gasteiger partial charge is 0.443 e. The number of hydrogen-bond acceptors (Lipinski definition) is 6. The average molecular weight is 328 g/mol. The molecular weight excluding hydrogens is 308 g/mol. The summed E-state index contributed by atoms with van der Waals surface area (Å²) in [5, 5.41) is 0. The zero-order valence-corrected chi connectivity index (χ0v) is 14.2. The second-order valence-electron chi connectivity index (χ2n) is 6.30. The number of carbonyl (C=O) groups is 2. The Hall–Kier alpha value is -2.83. The predicted octanol–water partition coefficient (Wildman–Crippen LogP) is 2.93. The molecule has 0 atom stereocenters. The molecule has 0 aromatic carbocycles. The fraction of sp³-hybridized carbons (Fsp3) is 0.353. The standard InChI is InChI=1S/C17H20N4O3/c1-12-5-6-18-9-14(12)10-21(16(23)24-17(2,3)4)15-19-7-13(11-22)8-20-15/h5-9,11H,10H2,1-4H3. The lowest BCUT2D eigenvalue weighted by molar-refractivity contribution is 0.0575. The van der Waals surface area contributed by atoms with Gasteiger partial charge in [0.15, 0.2) is 6.29 Å². The van der Waals surface area contributed by atoms with Gasteiger partial charge in [-0.3, -0.25) is 9.78 Å². The summed E-state index contributed by atoms with van der Waals surface area (Å²) in [5.74, 6) is 0.165. The number of pyridine rings is 1.